The maximum absolute atomic E-state index is 10.9. The zero-order valence-corrected chi connectivity index (χ0v) is 13.3. The second-order valence-corrected chi connectivity index (χ2v) is 7.03. The Bertz CT molecular complexity index is 293. The minimum Gasteiger partial charge on any atom is -0.481 e. The number of rotatable bonds is 6. The number of aliphatic carboxylic acids is 1. The number of hydrogen-bond acceptors (Lipinski definition) is 2. The van der Waals surface area contributed by atoms with Gasteiger partial charge in [0.05, 0.1) is 5.92 Å². The first kappa shape index (κ1) is 16.5. The number of nitrogens with zero attached hydrogens (tertiary/aromatic N) is 1. The second-order valence-electron chi connectivity index (χ2n) is 7.03. The van der Waals surface area contributed by atoms with E-state index in [2.05, 4.69) is 32.7 Å². The van der Waals surface area contributed by atoms with E-state index in [4.69, 9.17) is 5.11 Å². The Morgan fingerprint density at radius 2 is 1.84 bits per heavy atom. The highest BCUT2D eigenvalue weighted by atomic mass is 16.4. The van der Waals surface area contributed by atoms with Gasteiger partial charge >= 0.3 is 5.97 Å². The highest BCUT2D eigenvalue weighted by Crippen LogP contribution is 2.41. The van der Waals surface area contributed by atoms with Crippen LogP contribution in [0, 0.1) is 17.3 Å². The van der Waals surface area contributed by atoms with E-state index in [1.807, 2.05) is 0 Å². The van der Waals surface area contributed by atoms with Gasteiger partial charge in [0, 0.05) is 12.6 Å². The normalized spacial score (nSPS) is 26.4. The predicted molar refractivity (Wildman–Crippen MR) is 79.2 cm³/mol. The van der Waals surface area contributed by atoms with Gasteiger partial charge in [-0.05, 0) is 44.1 Å². The molecule has 0 spiro atoms. The first-order chi connectivity index (χ1) is 8.77. The van der Waals surface area contributed by atoms with Crippen LogP contribution in [0.25, 0.3) is 0 Å². The Labute approximate surface area is 118 Å². The lowest BCUT2D eigenvalue weighted by Crippen LogP contribution is -2.41. The molecule has 1 N–H and O–H groups in total. The fraction of sp³-hybridized carbons (Fsp3) is 0.938. The van der Waals surface area contributed by atoms with Gasteiger partial charge in [0.2, 0.25) is 0 Å². The first-order valence-corrected chi connectivity index (χ1v) is 7.71. The van der Waals surface area contributed by atoms with Crippen molar-refractivity contribution in [3.05, 3.63) is 0 Å². The van der Waals surface area contributed by atoms with Crippen molar-refractivity contribution in [2.75, 3.05) is 13.6 Å². The van der Waals surface area contributed by atoms with Crippen molar-refractivity contribution in [2.45, 2.75) is 65.8 Å². The largest absolute Gasteiger partial charge is 0.481 e. The summed E-state index contributed by atoms with van der Waals surface area (Å²) in [5, 5.41) is 8.98. The molecule has 1 saturated carbocycles. The molecule has 1 fully saturated rings. The molecule has 0 aromatic carbocycles. The second kappa shape index (κ2) is 6.74. The van der Waals surface area contributed by atoms with Crippen molar-refractivity contribution in [1.82, 2.24) is 4.90 Å². The summed E-state index contributed by atoms with van der Waals surface area (Å²) in [6, 6.07) is 0.575. The number of hydrogen-bond donors (Lipinski definition) is 1. The van der Waals surface area contributed by atoms with Crippen molar-refractivity contribution in [3.63, 3.8) is 0 Å². The fourth-order valence-electron chi connectivity index (χ4n) is 3.25. The van der Waals surface area contributed by atoms with Crippen LogP contribution in [0.2, 0.25) is 0 Å². The van der Waals surface area contributed by atoms with Crippen LogP contribution in [-0.4, -0.2) is 35.6 Å². The van der Waals surface area contributed by atoms with E-state index in [-0.39, 0.29) is 5.92 Å². The maximum Gasteiger partial charge on any atom is 0.307 e. The van der Waals surface area contributed by atoms with E-state index in [1.54, 1.807) is 6.92 Å². The molecule has 1 rings (SSSR count). The molecule has 19 heavy (non-hydrogen) atoms. The Balaban J connectivity index is 2.43. The van der Waals surface area contributed by atoms with Gasteiger partial charge in [0.25, 0.3) is 0 Å². The third-order valence-electron chi connectivity index (χ3n) is 5.32. The van der Waals surface area contributed by atoms with E-state index in [1.165, 1.54) is 32.1 Å². The van der Waals surface area contributed by atoms with Gasteiger partial charge in [0.1, 0.15) is 0 Å². The molecule has 0 aromatic heterocycles. The molecule has 0 bridgehead atoms. The average Bonchev–Trinajstić information content (AvgIpc) is 2.38. The van der Waals surface area contributed by atoms with Crippen molar-refractivity contribution in [3.8, 4) is 0 Å². The summed E-state index contributed by atoms with van der Waals surface area (Å²) in [7, 11) is 2.08. The van der Waals surface area contributed by atoms with Gasteiger partial charge < -0.3 is 10.0 Å². The minimum atomic E-state index is -0.687. The molecule has 1 aliphatic rings. The molecule has 3 nitrogen and oxygen atoms in total. The molecular weight excluding hydrogens is 238 g/mol. The summed E-state index contributed by atoms with van der Waals surface area (Å²) in [6.45, 7) is 9.52. The minimum absolute atomic E-state index is 0.269. The van der Waals surface area contributed by atoms with Crippen LogP contribution in [0.3, 0.4) is 0 Å². The van der Waals surface area contributed by atoms with Crippen molar-refractivity contribution >= 4 is 5.97 Å². The van der Waals surface area contributed by atoms with Crippen LogP contribution in [0.15, 0.2) is 0 Å². The van der Waals surface area contributed by atoms with Gasteiger partial charge in [-0.1, -0.05) is 34.1 Å². The zero-order valence-electron chi connectivity index (χ0n) is 13.3. The number of carboxylic acids is 1. The van der Waals surface area contributed by atoms with Gasteiger partial charge in [-0.2, -0.15) is 0 Å². The number of carboxylic acid groups (broad SMARTS) is 1. The van der Waals surface area contributed by atoms with Crippen molar-refractivity contribution in [2.24, 2.45) is 17.3 Å². The third kappa shape index (κ3) is 4.48. The summed E-state index contributed by atoms with van der Waals surface area (Å²) in [4.78, 5) is 13.2. The summed E-state index contributed by atoms with van der Waals surface area (Å²) >= 11 is 0. The van der Waals surface area contributed by atoms with Gasteiger partial charge in [-0.25, -0.2) is 0 Å². The molecule has 1 aliphatic carbocycles. The summed E-state index contributed by atoms with van der Waals surface area (Å²) in [5.74, 6) is -0.124. The fourth-order valence-corrected chi connectivity index (χ4v) is 3.25. The maximum atomic E-state index is 10.9. The molecule has 0 heterocycles. The van der Waals surface area contributed by atoms with Crippen LogP contribution >= 0.6 is 0 Å². The molecule has 1 atom stereocenters. The molecular formula is C16H31NO2. The monoisotopic (exact) mass is 269 g/mol. The summed E-state index contributed by atoms with van der Waals surface area (Å²) in [5.41, 5.74) is 0.456. The van der Waals surface area contributed by atoms with E-state index >= 15 is 0 Å². The molecule has 112 valence electrons. The highest BCUT2D eigenvalue weighted by molar-refractivity contribution is 5.69. The Hall–Kier alpha value is -0.570. The summed E-state index contributed by atoms with van der Waals surface area (Å²) < 4.78 is 0. The Morgan fingerprint density at radius 3 is 2.26 bits per heavy atom. The quantitative estimate of drug-likeness (QED) is 0.800. The highest BCUT2D eigenvalue weighted by Gasteiger charge is 2.33. The van der Waals surface area contributed by atoms with Crippen LogP contribution in [-0.2, 0) is 4.79 Å². The molecule has 0 aromatic rings. The first-order valence-electron chi connectivity index (χ1n) is 7.71. The van der Waals surface area contributed by atoms with Crippen LogP contribution in [0.4, 0.5) is 0 Å². The Morgan fingerprint density at radius 1 is 1.32 bits per heavy atom. The lowest BCUT2D eigenvalue weighted by atomic mass is 9.68. The lowest BCUT2D eigenvalue weighted by molar-refractivity contribution is -0.141. The molecule has 0 radical (unpaired) electrons. The SMILES string of the molecule is CCC(C)(C)C1CCC(N(C)CC(C)C(=O)O)CC1. The lowest BCUT2D eigenvalue weighted by Gasteiger charge is -2.41. The van der Waals surface area contributed by atoms with E-state index in [0.29, 0.717) is 18.0 Å². The molecule has 1 unspecified atom stereocenters. The van der Waals surface area contributed by atoms with Crippen molar-refractivity contribution in [1.29, 1.82) is 0 Å². The smallest absolute Gasteiger partial charge is 0.307 e. The molecule has 3 heteroatoms. The zero-order chi connectivity index (χ0) is 14.6. The van der Waals surface area contributed by atoms with E-state index in [9.17, 15) is 4.79 Å². The van der Waals surface area contributed by atoms with Crippen LogP contribution in [0.5, 0.6) is 0 Å². The van der Waals surface area contributed by atoms with Gasteiger partial charge in [-0.3, -0.25) is 4.79 Å². The van der Waals surface area contributed by atoms with Gasteiger partial charge in [-0.15, -0.1) is 0 Å². The van der Waals surface area contributed by atoms with Crippen molar-refractivity contribution < 1.29 is 9.90 Å². The van der Waals surface area contributed by atoms with E-state index < -0.39 is 5.97 Å². The van der Waals surface area contributed by atoms with Crippen LogP contribution < -0.4 is 0 Å². The van der Waals surface area contributed by atoms with Gasteiger partial charge in [0.15, 0.2) is 0 Å². The molecule has 0 amide bonds. The third-order valence-corrected chi connectivity index (χ3v) is 5.32. The van der Waals surface area contributed by atoms with Crippen LogP contribution in [0.1, 0.15) is 59.8 Å². The predicted octanol–water partition coefficient (Wildman–Crippen LogP) is 3.63. The van der Waals surface area contributed by atoms with E-state index in [0.717, 1.165) is 5.92 Å². The average molecular weight is 269 g/mol. The topological polar surface area (TPSA) is 40.5 Å². The standard InChI is InChI=1S/C16H31NO2/c1-6-16(3,4)13-7-9-14(10-8-13)17(5)11-12(2)15(18)19/h12-14H,6-11H2,1-5H3,(H,18,19). The Kier molecular flexibility index (Phi) is 5.84. The summed E-state index contributed by atoms with van der Waals surface area (Å²) in [6.07, 6.45) is 6.26. The number of carbonyl (C=O) groups is 1. The molecule has 0 aliphatic heterocycles. The molecule has 0 saturated heterocycles.